The lowest BCUT2D eigenvalue weighted by atomic mass is 9.98. The van der Waals surface area contributed by atoms with Gasteiger partial charge in [-0.15, -0.1) is 0 Å². The van der Waals surface area contributed by atoms with Crippen molar-refractivity contribution in [2.24, 2.45) is 5.92 Å². The Hall–Kier alpha value is -0.710. The van der Waals surface area contributed by atoms with E-state index in [1.165, 1.54) is 0 Å². The molecule has 1 heterocycles. The van der Waals surface area contributed by atoms with Gasteiger partial charge in [-0.3, -0.25) is 9.59 Å². The van der Waals surface area contributed by atoms with Crippen molar-refractivity contribution in [3.63, 3.8) is 0 Å². The second-order valence-corrected chi connectivity index (χ2v) is 4.75. The van der Waals surface area contributed by atoms with Crippen LogP contribution < -0.4 is 0 Å². The van der Waals surface area contributed by atoms with Crippen LogP contribution >= 0.6 is 11.8 Å². The number of carbonyl (C=O) groups excluding carboxylic acids is 1. The molecule has 1 aliphatic heterocycles. The molecule has 1 atom stereocenters. The van der Waals surface area contributed by atoms with E-state index in [-0.39, 0.29) is 11.8 Å². The minimum absolute atomic E-state index is 0.0929. The Kier molecular flexibility index (Phi) is 4.94. The Labute approximate surface area is 94.0 Å². The minimum Gasteiger partial charge on any atom is -0.481 e. The quantitative estimate of drug-likeness (QED) is 0.786. The fourth-order valence-corrected chi connectivity index (χ4v) is 2.13. The van der Waals surface area contributed by atoms with Crippen molar-refractivity contribution in [3.8, 4) is 0 Å². The Morgan fingerprint density at radius 2 is 2.27 bits per heavy atom. The topological polar surface area (TPSA) is 57.6 Å². The predicted octanol–water partition coefficient (Wildman–Crippen LogP) is 1.06. The van der Waals surface area contributed by atoms with Crippen LogP contribution in [0.5, 0.6) is 0 Å². The first kappa shape index (κ1) is 12.4. The van der Waals surface area contributed by atoms with Crippen molar-refractivity contribution in [3.05, 3.63) is 0 Å². The Morgan fingerprint density at radius 3 is 2.87 bits per heavy atom. The number of hydrogen-bond acceptors (Lipinski definition) is 3. The van der Waals surface area contributed by atoms with Gasteiger partial charge in [-0.2, -0.15) is 11.8 Å². The molecule has 1 rings (SSSR count). The number of amides is 1. The highest BCUT2D eigenvalue weighted by atomic mass is 32.2. The molecule has 0 aromatic carbocycles. The third kappa shape index (κ3) is 3.74. The van der Waals surface area contributed by atoms with Crippen LogP contribution in [-0.2, 0) is 9.59 Å². The van der Waals surface area contributed by atoms with Crippen molar-refractivity contribution < 1.29 is 14.7 Å². The maximum atomic E-state index is 11.6. The number of thioether (sulfide) groups is 1. The summed E-state index contributed by atoms with van der Waals surface area (Å²) in [6.45, 7) is 1.11. The fraction of sp³-hybridized carbons (Fsp3) is 0.800. The molecule has 0 radical (unpaired) electrons. The zero-order valence-electron chi connectivity index (χ0n) is 8.94. The molecule has 86 valence electrons. The molecule has 1 fully saturated rings. The van der Waals surface area contributed by atoms with E-state index in [0.29, 0.717) is 19.4 Å². The summed E-state index contributed by atoms with van der Waals surface area (Å²) in [5.41, 5.74) is 0. The molecule has 0 unspecified atom stereocenters. The van der Waals surface area contributed by atoms with E-state index in [9.17, 15) is 9.59 Å². The molecule has 1 amide bonds. The smallest absolute Gasteiger partial charge is 0.308 e. The summed E-state index contributed by atoms with van der Waals surface area (Å²) >= 11 is 1.64. The summed E-state index contributed by atoms with van der Waals surface area (Å²) < 4.78 is 0. The molecule has 1 saturated heterocycles. The standard InChI is InChI=1S/C10H17NO3S/c1-15-6-4-9(12)11-5-2-3-8(7-11)10(13)14/h8H,2-7H2,1H3,(H,13,14)/t8-/m0/s1. The highest BCUT2D eigenvalue weighted by Crippen LogP contribution is 2.17. The van der Waals surface area contributed by atoms with Crippen molar-refractivity contribution in [1.82, 2.24) is 4.90 Å². The molecule has 5 heteroatoms. The third-order valence-electron chi connectivity index (χ3n) is 2.64. The van der Waals surface area contributed by atoms with Gasteiger partial charge in [0.1, 0.15) is 0 Å². The highest BCUT2D eigenvalue weighted by Gasteiger charge is 2.27. The van der Waals surface area contributed by atoms with E-state index in [4.69, 9.17) is 5.11 Å². The number of carbonyl (C=O) groups is 2. The van der Waals surface area contributed by atoms with Gasteiger partial charge in [-0.1, -0.05) is 0 Å². The van der Waals surface area contributed by atoms with Crippen molar-refractivity contribution in [2.45, 2.75) is 19.3 Å². The summed E-state index contributed by atoms with van der Waals surface area (Å²) in [4.78, 5) is 24.1. The van der Waals surface area contributed by atoms with E-state index in [1.54, 1.807) is 16.7 Å². The van der Waals surface area contributed by atoms with E-state index in [0.717, 1.165) is 18.7 Å². The zero-order chi connectivity index (χ0) is 11.3. The largest absolute Gasteiger partial charge is 0.481 e. The summed E-state index contributed by atoms with van der Waals surface area (Å²) in [5.74, 6) is -0.239. The molecule has 1 N–H and O–H groups in total. The Morgan fingerprint density at radius 1 is 1.53 bits per heavy atom. The fourth-order valence-electron chi connectivity index (χ4n) is 1.75. The minimum atomic E-state index is -0.780. The van der Waals surface area contributed by atoms with Gasteiger partial charge in [0, 0.05) is 25.3 Å². The lowest BCUT2D eigenvalue weighted by molar-refractivity contribution is -0.145. The second-order valence-electron chi connectivity index (χ2n) is 3.76. The second kappa shape index (κ2) is 6.00. The lowest BCUT2D eigenvalue weighted by Crippen LogP contribution is -2.42. The van der Waals surface area contributed by atoms with Crippen LogP contribution in [0.25, 0.3) is 0 Å². The number of likely N-dealkylation sites (tertiary alicyclic amines) is 1. The number of nitrogens with zero attached hydrogens (tertiary/aromatic N) is 1. The summed E-state index contributed by atoms with van der Waals surface area (Å²) in [5, 5.41) is 8.87. The number of carboxylic acids is 1. The van der Waals surface area contributed by atoms with E-state index in [2.05, 4.69) is 0 Å². The molecule has 0 aliphatic carbocycles. The summed E-state index contributed by atoms with van der Waals surface area (Å²) in [6.07, 6.45) is 3.99. The first-order valence-corrected chi connectivity index (χ1v) is 6.54. The molecule has 0 aromatic rings. The Bertz CT molecular complexity index is 245. The maximum Gasteiger partial charge on any atom is 0.308 e. The van der Waals surface area contributed by atoms with E-state index in [1.807, 2.05) is 6.26 Å². The van der Waals surface area contributed by atoms with Crippen LogP contribution in [0.3, 0.4) is 0 Å². The number of rotatable bonds is 4. The molecular weight excluding hydrogens is 214 g/mol. The molecule has 4 nitrogen and oxygen atoms in total. The van der Waals surface area contributed by atoms with Gasteiger partial charge in [0.15, 0.2) is 0 Å². The molecular formula is C10H17NO3S. The van der Waals surface area contributed by atoms with Crippen molar-refractivity contribution >= 4 is 23.6 Å². The number of carboxylic acid groups (broad SMARTS) is 1. The van der Waals surface area contributed by atoms with Crippen LogP contribution in [0, 0.1) is 5.92 Å². The summed E-state index contributed by atoms with van der Waals surface area (Å²) in [6, 6.07) is 0. The van der Waals surface area contributed by atoms with Gasteiger partial charge < -0.3 is 10.0 Å². The van der Waals surface area contributed by atoms with Gasteiger partial charge in [-0.25, -0.2) is 0 Å². The number of piperidine rings is 1. The molecule has 15 heavy (non-hydrogen) atoms. The lowest BCUT2D eigenvalue weighted by Gasteiger charge is -2.30. The van der Waals surface area contributed by atoms with Gasteiger partial charge >= 0.3 is 5.97 Å². The van der Waals surface area contributed by atoms with Gasteiger partial charge in [0.2, 0.25) is 5.91 Å². The van der Waals surface area contributed by atoms with Crippen LogP contribution in [-0.4, -0.2) is 47.0 Å². The third-order valence-corrected chi connectivity index (χ3v) is 3.26. The number of hydrogen-bond donors (Lipinski definition) is 1. The molecule has 0 bridgehead atoms. The van der Waals surface area contributed by atoms with E-state index >= 15 is 0 Å². The van der Waals surface area contributed by atoms with Crippen LogP contribution in [0.15, 0.2) is 0 Å². The first-order valence-electron chi connectivity index (χ1n) is 5.14. The molecule has 0 aromatic heterocycles. The SMILES string of the molecule is CSCCC(=O)N1CCC[C@H](C(=O)O)C1. The van der Waals surface area contributed by atoms with Gasteiger partial charge in [-0.05, 0) is 19.1 Å². The number of aliphatic carboxylic acids is 1. The van der Waals surface area contributed by atoms with Crippen molar-refractivity contribution in [1.29, 1.82) is 0 Å². The highest BCUT2D eigenvalue weighted by molar-refractivity contribution is 7.98. The zero-order valence-corrected chi connectivity index (χ0v) is 9.76. The maximum absolute atomic E-state index is 11.6. The molecule has 1 aliphatic rings. The molecule has 0 saturated carbocycles. The van der Waals surface area contributed by atoms with Crippen LogP contribution in [0.1, 0.15) is 19.3 Å². The monoisotopic (exact) mass is 231 g/mol. The average Bonchev–Trinajstić information content (AvgIpc) is 2.26. The van der Waals surface area contributed by atoms with Crippen LogP contribution in [0.2, 0.25) is 0 Å². The Balaban J connectivity index is 2.41. The normalized spacial score (nSPS) is 21.4. The predicted molar refractivity (Wildman–Crippen MR) is 59.9 cm³/mol. The summed E-state index contributed by atoms with van der Waals surface area (Å²) in [7, 11) is 0. The molecule has 0 spiro atoms. The van der Waals surface area contributed by atoms with Gasteiger partial charge in [0.05, 0.1) is 5.92 Å². The van der Waals surface area contributed by atoms with Crippen molar-refractivity contribution in [2.75, 3.05) is 25.1 Å². The van der Waals surface area contributed by atoms with Crippen LogP contribution in [0.4, 0.5) is 0 Å². The average molecular weight is 231 g/mol. The van der Waals surface area contributed by atoms with E-state index < -0.39 is 5.97 Å². The first-order chi connectivity index (χ1) is 7.15. The van der Waals surface area contributed by atoms with Gasteiger partial charge in [0.25, 0.3) is 0 Å².